The SMILES string of the molecule is C[C@@H](C(=O)Nc1cc(Cl)cc(Cl)c1)n1nnc2ccccc2c1=O. The zero-order valence-electron chi connectivity index (χ0n) is 12.5. The van der Waals surface area contributed by atoms with Gasteiger partial charge in [-0.1, -0.05) is 40.5 Å². The van der Waals surface area contributed by atoms with Crippen LogP contribution in [0.4, 0.5) is 5.69 Å². The summed E-state index contributed by atoms with van der Waals surface area (Å²) in [5.74, 6) is -0.431. The summed E-state index contributed by atoms with van der Waals surface area (Å²) in [6, 6.07) is 10.7. The summed E-state index contributed by atoms with van der Waals surface area (Å²) in [4.78, 5) is 24.9. The molecule has 1 atom stereocenters. The lowest BCUT2D eigenvalue weighted by Gasteiger charge is -2.14. The van der Waals surface area contributed by atoms with Gasteiger partial charge in [0.2, 0.25) is 5.91 Å². The molecule has 0 saturated carbocycles. The molecule has 3 aromatic rings. The van der Waals surface area contributed by atoms with Gasteiger partial charge in [0.25, 0.3) is 5.56 Å². The van der Waals surface area contributed by atoms with Crippen molar-refractivity contribution < 1.29 is 4.79 Å². The van der Waals surface area contributed by atoms with Crippen LogP contribution < -0.4 is 10.9 Å². The molecule has 0 bridgehead atoms. The van der Waals surface area contributed by atoms with Gasteiger partial charge >= 0.3 is 0 Å². The molecule has 0 aliphatic carbocycles. The van der Waals surface area contributed by atoms with E-state index in [1.807, 2.05) is 0 Å². The number of halogens is 2. The lowest BCUT2D eigenvalue weighted by molar-refractivity contribution is -0.119. The molecule has 0 unspecified atom stereocenters. The highest BCUT2D eigenvalue weighted by Crippen LogP contribution is 2.23. The Kier molecular flexibility index (Phi) is 4.51. The number of fused-ring (bicyclic) bond motifs is 1. The van der Waals surface area contributed by atoms with Crippen molar-refractivity contribution in [3.8, 4) is 0 Å². The van der Waals surface area contributed by atoms with Crippen molar-refractivity contribution in [3.05, 3.63) is 62.9 Å². The van der Waals surface area contributed by atoms with Gasteiger partial charge in [0.05, 0.1) is 5.39 Å². The number of aromatic nitrogens is 3. The molecule has 0 saturated heterocycles. The number of amides is 1. The average Bonchev–Trinajstić information content (AvgIpc) is 2.54. The summed E-state index contributed by atoms with van der Waals surface area (Å²) in [5.41, 5.74) is 0.534. The monoisotopic (exact) mass is 362 g/mol. The Morgan fingerprint density at radius 3 is 2.54 bits per heavy atom. The van der Waals surface area contributed by atoms with Crippen molar-refractivity contribution in [3.63, 3.8) is 0 Å². The van der Waals surface area contributed by atoms with Gasteiger partial charge in [-0.25, -0.2) is 0 Å². The van der Waals surface area contributed by atoms with Crippen molar-refractivity contribution in [2.75, 3.05) is 5.32 Å². The van der Waals surface area contributed by atoms with Gasteiger partial charge in [-0.2, -0.15) is 4.68 Å². The molecule has 8 heteroatoms. The number of anilines is 1. The van der Waals surface area contributed by atoms with Crippen molar-refractivity contribution in [1.29, 1.82) is 0 Å². The van der Waals surface area contributed by atoms with Gasteiger partial charge in [-0.15, -0.1) is 5.10 Å². The Balaban J connectivity index is 1.91. The highest BCUT2D eigenvalue weighted by atomic mass is 35.5. The van der Waals surface area contributed by atoms with E-state index in [4.69, 9.17) is 23.2 Å². The predicted octanol–water partition coefficient (Wildman–Crippen LogP) is 3.30. The van der Waals surface area contributed by atoms with Crippen LogP contribution in [0.2, 0.25) is 10.0 Å². The van der Waals surface area contributed by atoms with Crippen LogP contribution in [0.1, 0.15) is 13.0 Å². The minimum absolute atomic E-state index is 0.382. The normalized spacial score (nSPS) is 12.1. The fraction of sp³-hybridized carbons (Fsp3) is 0.125. The van der Waals surface area contributed by atoms with E-state index in [1.54, 1.807) is 49.4 Å². The molecule has 1 heterocycles. The van der Waals surface area contributed by atoms with Gasteiger partial charge < -0.3 is 5.32 Å². The summed E-state index contributed by atoms with van der Waals surface area (Å²) in [5, 5.41) is 11.7. The number of hydrogen-bond donors (Lipinski definition) is 1. The molecule has 0 spiro atoms. The zero-order valence-corrected chi connectivity index (χ0v) is 14.0. The molecular formula is C16H12Cl2N4O2. The predicted molar refractivity (Wildman–Crippen MR) is 93.6 cm³/mol. The number of nitrogens with zero attached hydrogens (tertiary/aromatic N) is 3. The third-order valence-corrected chi connectivity index (χ3v) is 3.90. The second-order valence-corrected chi connectivity index (χ2v) is 6.05. The van der Waals surface area contributed by atoms with Crippen LogP contribution in [-0.2, 0) is 4.79 Å². The topological polar surface area (TPSA) is 76.9 Å². The molecular weight excluding hydrogens is 351 g/mol. The molecule has 3 rings (SSSR count). The third-order valence-electron chi connectivity index (χ3n) is 3.47. The van der Waals surface area contributed by atoms with E-state index < -0.39 is 11.9 Å². The quantitative estimate of drug-likeness (QED) is 0.775. The smallest absolute Gasteiger partial charge is 0.278 e. The number of benzene rings is 2. The van der Waals surface area contributed by atoms with E-state index in [9.17, 15) is 9.59 Å². The zero-order chi connectivity index (χ0) is 17.3. The van der Waals surface area contributed by atoms with Crippen LogP contribution >= 0.6 is 23.2 Å². The Labute approximate surface area is 147 Å². The summed E-state index contributed by atoms with van der Waals surface area (Å²) in [6.07, 6.45) is 0. The molecule has 0 fully saturated rings. The van der Waals surface area contributed by atoms with Crippen molar-refractivity contribution in [1.82, 2.24) is 15.0 Å². The molecule has 1 N–H and O–H groups in total. The van der Waals surface area contributed by atoms with E-state index in [1.165, 1.54) is 0 Å². The van der Waals surface area contributed by atoms with Gasteiger partial charge in [0, 0.05) is 15.7 Å². The van der Waals surface area contributed by atoms with Crippen LogP contribution in [0.15, 0.2) is 47.3 Å². The standard InChI is InChI=1S/C16H12Cl2N4O2/c1-9(15(23)19-12-7-10(17)6-11(18)8-12)22-16(24)13-4-2-3-5-14(13)20-21-22/h2-9H,1H3,(H,19,23)/t9-/m0/s1. The van der Waals surface area contributed by atoms with Crippen molar-refractivity contribution in [2.24, 2.45) is 0 Å². The summed E-state index contributed by atoms with van der Waals surface area (Å²) in [7, 11) is 0. The first kappa shape index (κ1) is 16.4. The second kappa shape index (κ2) is 6.59. The molecule has 6 nitrogen and oxygen atoms in total. The highest BCUT2D eigenvalue weighted by Gasteiger charge is 2.19. The number of carbonyl (C=O) groups excluding carboxylic acids is 1. The maximum Gasteiger partial charge on any atom is 0.278 e. The van der Waals surface area contributed by atoms with E-state index in [0.717, 1.165) is 4.68 Å². The molecule has 0 aliphatic rings. The van der Waals surface area contributed by atoms with E-state index >= 15 is 0 Å². The number of nitrogens with one attached hydrogen (secondary N) is 1. The molecule has 122 valence electrons. The third kappa shape index (κ3) is 3.25. The van der Waals surface area contributed by atoms with Crippen LogP contribution in [0, 0.1) is 0 Å². The minimum Gasteiger partial charge on any atom is -0.324 e. The second-order valence-electron chi connectivity index (χ2n) is 5.18. The average molecular weight is 363 g/mol. The summed E-state index contributed by atoms with van der Waals surface area (Å²) >= 11 is 11.8. The van der Waals surface area contributed by atoms with Gasteiger partial charge in [0.1, 0.15) is 11.6 Å². The largest absolute Gasteiger partial charge is 0.324 e. The molecule has 24 heavy (non-hydrogen) atoms. The molecule has 1 amide bonds. The summed E-state index contributed by atoms with van der Waals surface area (Å²) < 4.78 is 1.05. The first-order chi connectivity index (χ1) is 11.5. The lowest BCUT2D eigenvalue weighted by Crippen LogP contribution is -2.34. The number of rotatable bonds is 3. The van der Waals surface area contributed by atoms with Crippen molar-refractivity contribution in [2.45, 2.75) is 13.0 Å². The van der Waals surface area contributed by atoms with Crippen molar-refractivity contribution >= 4 is 45.7 Å². The maximum absolute atomic E-state index is 12.5. The Morgan fingerprint density at radius 1 is 1.17 bits per heavy atom. The van der Waals surface area contributed by atoms with E-state index in [0.29, 0.717) is 26.6 Å². The molecule has 1 aromatic heterocycles. The number of hydrogen-bond acceptors (Lipinski definition) is 4. The molecule has 0 radical (unpaired) electrons. The van der Waals surface area contributed by atoms with E-state index in [2.05, 4.69) is 15.6 Å². The fourth-order valence-electron chi connectivity index (χ4n) is 2.24. The first-order valence-corrected chi connectivity index (χ1v) is 7.82. The maximum atomic E-state index is 12.5. The van der Waals surface area contributed by atoms with Crippen LogP contribution in [0.3, 0.4) is 0 Å². The number of carbonyl (C=O) groups is 1. The van der Waals surface area contributed by atoms with Gasteiger partial charge in [-0.05, 0) is 37.3 Å². The summed E-state index contributed by atoms with van der Waals surface area (Å²) in [6.45, 7) is 1.56. The molecule has 2 aromatic carbocycles. The fourth-order valence-corrected chi connectivity index (χ4v) is 2.77. The van der Waals surface area contributed by atoms with E-state index in [-0.39, 0.29) is 5.56 Å². The first-order valence-electron chi connectivity index (χ1n) is 7.07. The minimum atomic E-state index is -0.854. The van der Waals surface area contributed by atoms with Crippen LogP contribution in [0.25, 0.3) is 10.9 Å². The Bertz CT molecular complexity index is 967. The van der Waals surface area contributed by atoms with Gasteiger partial charge in [-0.3, -0.25) is 9.59 Å². The highest BCUT2D eigenvalue weighted by molar-refractivity contribution is 6.35. The Hall–Kier alpha value is -2.44. The molecule has 0 aliphatic heterocycles. The van der Waals surface area contributed by atoms with Crippen LogP contribution in [0.5, 0.6) is 0 Å². The van der Waals surface area contributed by atoms with Gasteiger partial charge in [0.15, 0.2) is 0 Å². The lowest BCUT2D eigenvalue weighted by atomic mass is 10.2. The Morgan fingerprint density at radius 2 is 1.83 bits per heavy atom. The van der Waals surface area contributed by atoms with Crippen LogP contribution in [-0.4, -0.2) is 20.9 Å².